The highest BCUT2D eigenvalue weighted by atomic mass is 79.9. The molecule has 0 fully saturated rings. The molecule has 1 aromatic heterocycles. The molecule has 20 heavy (non-hydrogen) atoms. The monoisotopic (exact) mass is 356 g/mol. The Morgan fingerprint density at radius 3 is 2.00 bits per heavy atom. The summed E-state index contributed by atoms with van der Waals surface area (Å²) in [4.78, 5) is 2.51. The van der Waals surface area contributed by atoms with Gasteiger partial charge in [-0.25, -0.2) is 0 Å². The lowest BCUT2D eigenvalue weighted by atomic mass is 10.1. The SMILES string of the molecule is COc1cc(OC)c(C(Br)c2ccc(C)s2)c(OC)c1. The molecule has 108 valence electrons. The zero-order valence-electron chi connectivity index (χ0n) is 11.9. The molecule has 1 unspecified atom stereocenters. The number of halogens is 1. The van der Waals surface area contributed by atoms with Crippen molar-refractivity contribution in [2.45, 2.75) is 11.8 Å². The van der Waals surface area contributed by atoms with E-state index in [9.17, 15) is 0 Å². The number of methoxy groups -OCH3 is 3. The number of aryl methyl sites for hydroxylation is 1. The van der Waals surface area contributed by atoms with Crippen molar-refractivity contribution in [3.8, 4) is 17.2 Å². The highest BCUT2D eigenvalue weighted by Gasteiger charge is 2.23. The summed E-state index contributed by atoms with van der Waals surface area (Å²) in [6, 6.07) is 7.96. The smallest absolute Gasteiger partial charge is 0.130 e. The lowest BCUT2D eigenvalue weighted by Crippen LogP contribution is -2.00. The number of thiophene rings is 1. The minimum atomic E-state index is 0.0250. The van der Waals surface area contributed by atoms with Crippen LogP contribution in [0.25, 0.3) is 0 Å². The molecule has 3 nitrogen and oxygen atoms in total. The minimum absolute atomic E-state index is 0.0250. The van der Waals surface area contributed by atoms with Gasteiger partial charge in [-0.1, -0.05) is 15.9 Å². The lowest BCUT2D eigenvalue weighted by Gasteiger charge is -2.18. The fourth-order valence-corrected chi connectivity index (χ4v) is 3.76. The van der Waals surface area contributed by atoms with Gasteiger partial charge in [0.25, 0.3) is 0 Å². The van der Waals surface area contributed by atoms with E-state index in [-0.39, 0.29) is 4.83 Å². The molecular weight excluding hydrogens is 340 g/mol. The number of hydrogen-bond donors (Lipinski definition) is 0. The molecule has 2 aromatic rings. The van der Waals surface area contributed by atoms with Gasteiger partial charge in [0.15, 0.2) is 0 Å². The summed E-state index contributed by atoms with van der Waals surface area (Å²) in [6.07, 6.45) is 0. The number of ether oxygens (including phenoxy) is 3. The molecule has 0 saturated carbocycles. The molecule has 2 rings (SSSR count). The number of hydrogen-bond acceptors (Lipinski definition) is 4. The van der Waals surface area contributed by atoms with Gasteiger partial charge >= 0.3 is 0 Å². The minimum Gasteiger partial charge on any atom is -0.496 e. The average Bonchev–Trinajstić information content (AvgIpc) is 2.91. The first kappa shape index (κ1) is 15.2. The topological polar surface area (TPSA) is 27.7 Å². The predicted octanol–water partition coefficient (Wildman–Crippen LogP) is 4.57. The molecule has 0 aliphatic heterocycles. The van der Waals surface area contributed by atoms with Gasteiger partial charge in [0, 0.05) is 21.9 Å². The second-order valence-corrected chi connectivity index (χ2v) is 6.49. The van der Waals surface area contributed by atoms with Crippen LogP contribution < -0.4 is 14.2 Å². The maximum Gasteiger partial charge on any atom is 0.130 e. The van der Waals surface area contributed by atoms with Gasteiger partial charge in [-0.05, 0) is 19.1 Å². The third-order valence-corrected chi connectivity index (χ3v) is 5.34. The van der Waals surface area contributed by atoms with Gasteiger partial charge in [-0.2, -0.15) is 0 Å². The van der Waals surface area contributed by atoms with Gasteiger partial charge in [-0.3, -0.25) is 0 Å². The van der Waals surface area contributed by atoms with Crippen LogP contribution in [0.5, 0.6) is 17.2 Å². The van der Waals surface area contributed by atoms with E-state index in [1.807, 2.05) is 12.1 Å². The fourth-order valence-electron chi connectivity index (χ4n) is 2.01. The summed E-state index contributed by atoms with van der Waals surface area (Å²) in [7, 11) is 4.93. The summed E-state index contributed by atoms with van der Waals surface area (Å²) in [5, 5.41) is 0. The molecule has 5 heteroatoms. The Morgan fingerprint density at radius 1 is 1.00 bits per heavy atom. The van der Waals surface area contributed by atoms with Gasteiger partial charge in [0.05, 0.1) is 31.7 Å². The molecule has 1 heterocycles. The van der Waals surface area contributed by atoms with E-state index in [1.54, 1.807) is 32.7 Å². The van der Waals surface area contributed by atoms with Crippen molar-refractivity contribution in [3.05, 3.63) is 39.6 Å². The van der Waals surface area contributed by atoms with Crippen LogP contribution in [0.2, 0.25) is 0 Å². The highest BCUT2D eigenvalue weighted by molar-refractivity contribution is 9.09. The van der Waals surface area contributed by atoms with Gasteiger partial charge < -0.3 is 14.2 Å². The zero-order chi connectivity index (χ0) is 14.7. The van der Waals surface area contributed by atoms with Crippen molar-refractivity contribution < 1.29 is 14.2 Å². The van der Waals surface area contributed by atoms with Crippen LogP contribution in [0.4, 0.5) is 0 Å². The van der Waals surface area contributed by atoms with Crippen molar-refractivity contribution in [2.75, 3.05) is 21.3 Å². The maximum atomic E-state index is 5.49. The molecule has 0 N–H and O–H groups in total. The summed E-state index contributed by atoms with van der Waals surface area (Å²) in [5.41, 5.74) is 0.970. The number of rotatable bonds is 5. The molecule has 0 saturated heterocycles. The number of alkyl halides is 1. The Kier molecular flexibility index (Phi) is 4.94. The van der Waals surface area contributed by atoms with Crippen LogP contribution in [0.3, 0.4) is 0 Å². The van der Waals surface area contributed by atoms with E-state index >= 15 is 0 Å². The molecule has 0 aliphatic carbocycles. The summed E-state index contributed by atoms with van der Waals surface area (Å²) < 4.78 is 16.3. The molecule has 1 atom stereocenters. The summed E-state index contributed by atoms with van der Waals surface area (Å²) in [5.74, 6) is 2.20. The van der Waals surface area contributed by atoms with Crippen molar-refractivity contribution in [3.63, 3.8) is 0 Å². The molecule has 1 aromatic carbocycles. The van der Waals surface area contributed by atoms with Crippen LogP contribution in [-0.4, -0.2) is 21.3 Å². The van der Waals surface area contributed by atoms with E-state index < -0.39 is 0 Å². The zero-order valence-corrected chi connectivity index (χ0v) is 14.3. The first-order valence-electron chi connectivity index (χ1n) is 6.11. The van der Waals surface area contributed by atoms with E-state index in [0.29, 0.717) is 5.75 Å². The van der Waals surface area contributed by atoms with Crippen molar-refractivity contribution in [1.29, 1.82) is 0 Å². The van der Waals surface area contributed by atoms with Gasteiger partial charge in [-0.15, -0.1) is 11.3 Å². The van der Waals surface area contributed by atoms with Crippen molar-refractivity contribution in [1.82, 2.24) is 0 Å². The predicted molar refractivity (Wildman–Crippen MR) is 85.9 cm³/mol. The lowest BCUT2D eigenvalue weighted by molar-refractivity contribution is 0.370. The quantitative estimate of drug-likeness (QED) is 0.734. The van der Waals surface area contributed by atoms with Gasteiger partial charge in [0.1, 0.15) is 17.2 Å². The van der Waals surface area contributed by atoms with Crippen LogP contribution in [0, 0.1) is 6.92 Å². The molecule has 0 aliphatic rings. The molecule has 0 radical (unpaired) electrons. The second-order valence-electron chi connectivity index (χ2n) is 4.26. The van der Waals surface area contributed by atoms with Crippen LogP contribution in [0.15, 0.2) is 24.3 Å². The van der Waals surface area contributed by atoms with E-state index in [4.69, 9.17) is 14.2 Å². The average molecular weight is 357 g/mol. The highest BCUT2D eigenvalue weighted by Crippen LogP contribution is 2.46. The number of benzene rings is 1. The Bertz CT molecular complexity index is 570. The Labute approximate surface area is 131 Å². The first-order chi connectivity index (χ1) is 9.60. The largest absolute Gasteiger partial charge is 0.496 e. The Morgan fingerprint density at radius 2 is 1.60 bits per heavy atom. The molecule has 0 amide bonds. The standard InChI is InChI=1S/C15H17BrO3S/c1-9-5-6-13(20-9)15(16)14-11(18-3)7-10(17-2)8-12(14)19-4/h5-8,15H,1-4H3. The molecule has 0 spiro atoms. The van der Waals surface area contributed by atoms with Crippen molar-refractivity contribution >= 4 is 27.3 Å². The third-order valence-electron chi connectivity index (χ3n) is 3.02. The van der Waals surface area contributed by atoms with E-state index in [2.05, 4.69) is 35.0 Å². The van der Waals surface area contributed by atoms with E-state index in [0.717, 1.165) is 17.1 Å². The molecular formula is C15H17BrO3S. The van der Waals surface area contributed by atoms with Crippen LogP contribution in [-0.2, 0) is 0 Å². The van der Waals surface area contributed by atoms with E-state index in [1.165, 1.54) is 9.75 Å². The summed E-state index contributed by atoms with van der Waals surface area (Å²) >= 11 is 5.50. The van der Waals surface area contributed by atoms with Gasteiger partial charge in [0.2, 0.25) is 0 Å². The third kappa shape index (κ3) is 2.94. The van der Waals surface area contributed by atoms with Crippen LogP contribution >= 0.6 is 27.3 Å². The van der Waals surface area contributed by atoms with Crippen molar-refractivity contribution in [2.24, 2.45) is 0 Å². The first-order valence-corrected chi connectivity index (χ1v) is 7.84. The summed E-state index contributed by atoms with van der Waals surface area (Å²) in [6.45, 7) is 2.09. The van der Waals surface area contributed by atoms with Crippen LogP contribution in [0.1, 0.15) is 20.1 Å². The Balaban J connectivity index is 2.53. The second kappa shape index (κ2) is 6.50. The maximum absolute atomic E-state index is 5.49. The Hall–Kier alpha value is -1.20. The molecule has 0 bridgehead atoms. The normalized spacial score (nSPS) is 12.1. The fraction of sp³-hybridized carbons (Fsp3) is 0.333.